The molecule has 0 aliphatic rings. The minimum Gasteiger partial charge on any atom is -0.309 e. The van der Waals surface area contributed by atoms with E-state index < -0.39 is 0 Å². The Morgan fingerprint density at radius 1 is 1.62 bits per heavy atom. The number of nitriles is 1. The summed E-state index contributed by atoms with van der Waals surface area (Å²) in [6, 6.07) is 4.29. The molecule has 4 heteroatoms. The highest BCUT2D eigenvalue weighted by Gasteiger charge is 2.04. The molecule has 1 aromatic carbocycles. The van der Waals surface area contributed by atoms with Gasteiger partial charge in [-0.15, -0.1) is 0 Å². The zero-order chi connectivity index (χ0) is 9.84. The summed E-state index contributed by atoms with van der Waals surface area (Å²) in [4.78, 5) is 1.33. The Kier molecular flexibility index (Phi) is 3.10. The summed E-state index contributed by atoms with van der Waals surface area (Å²) < 4.78 is 13.1. The average molecular weight is 199 g/mol. The van der Waals surface area contributed by atoms with Gasteiger partial charge in [-0.05, 0) is 18.2 Å². The van der Waals surface area contributed by atoms with Crippen molar-refractivity contribution in [3.05, 3.63) is 34.6 Å². The van der Waals surface area contributed by atoms with Gasteiger partial charge in [0.15, 0.2) is 6.19 Å². The molecule has 0 amide bonds. The Balaban J connectivity index is 2.88. The van der Waals surface area contributed by atoms with Crippen LogP contribution in [0.1, 0.15) is 5.56 Å². The largest absolute Gasteiger partial charge is 0.309 e. The maximum atomic E-state index is 13.1. The zero-order valence-electron chi connectivity index (χ0n) is 7.09. The van der Waals surface area contributed by atoms with Gasteiger partial charge in [0.2, 0.25) is 0 Å². The Hall–Kier alpha value is -1.27. The van der Waals surface area contributed by atoms with E-state index in [0.29, 0.717) is 10.6 Å². The molecule has 0 aliphatic carbocycles. The van der Waals surface area contributed by atoms with Gasteiger partial charge in [0.05, 0.1) is 6.54 Å². The van der Waals surface area contributed by atoms with Crippen LogP contribution in [0.25, 0.3) is 0 Å². The van der Waals surface area contributed by atoms with Crippen molar-refractivity contribution < 1.29 is 4.39 Å². The molecule has 2 nitrogen and oxygen atoms in total. The van der Waals surface area contributed by atoms with Gasteiger partial charge in [-0.25, -0.2) is 4.39 Å². The fourth-order valence-corrected chi connectivity index (χ4v) is 1.15. The minimum atomic E-state index is -0.341. The second-order valence-corrected chi connectivity index (χ2v) is 3.13. The molecule has 0 N–H and O–H groups in total. The number of benzene rings is 1. The van der Waals surface area contributed by atoms with Gasteiger partial charge in [0.1, 0.15) is 5.82 Å². The molecule has 0 saturated carbocycles. The second-order valence-electron chi connectivity index (χ2n) is 2.69. The lowest BCUT2D eigenvalue weighted by atomic mass is 10.2. The van der Waals surface area contributed by atoms with E-state index in [1.807, 2.05) is 6.19 Å². The number of halogens is 2. The summed E-state index contributed by atoms with van der Waals surface area (Å²) in [6.07, 6.45) is 1.88. The van der Waals surface area contributed by atoms with E-state index in [1.54, 1.807) is 7.05 Å². The molecule has 0 atom stereocenters. The summed E-state index contributed by atoms with van der Waals surface area (Å²) in [5.41, 5.74) is 0.427. The fraction of sp³-hybridized carbons (Fsp3) is 0.222. The molecular formula is C9H8ClFN2. The van der Waals surface area contributed by atoms with Crippen molar-refractivity contribution in [3.63, 3.8) is 0 Å². The Bertz CT molecular complexity index is 346. The maximum Gasteiger partial charge on any atom is 0.179 e. The summed E-state index contributed by atoms with van der Waals surface area (Å²) >= 11 is 5.68. The van der Waals surface area contributed by atoms with Crippen LogP contribution in [0.4, 0.5) is 4.39 Å². The summed E-state index contributed by atoms with van der Waals surface area (Å²) in [5, 5.41) is 8.95. The second kappa shape index (κ2) is 4.11. The predicted octanol–water partition coefficient (Wildman–Crippen LogP) is 2.39. The third-order valence-corrected chi connectivity index (χ3v) is 1.82. The standard InChI is InChI=1S/C9H8ClFN2/c1-13(6-12)5-7-4-8(10)2-3-9(7)11/h2-4H,5H2,1H3. The SMILES string of the molecule is CN(C#N)Cc1cc(Cl)ccc1F. The van der Waals surface area contributed by atoms with E-state index in [0.717, 1.165) is 0 Å². The Morgan fingerprint density at radius 3 is 2.92 bits per heavy atom. The van der Waals surface area contributed by atoms with Crippen LogP contribution >= 0.6 is 11.6 Å². The van der Waals surface area contributed by atoms with Crippen LogP contribution in [0.2, 0.25) is 5.02 Å². The van der Waals surface area contributed by atoms with Crippen LogP contribution in [0.15, 0.2) is 18.2 Å². The molecule has 0 radical (unpaired) electrons. The van der Waals surface area contributed by atoms with Gasteiger partial charge >= 0.3 is 0 Å². The maximum absolute atomic E-state index is 13.1. The first-order valence-corrected chi connectivity index (χ1v) is 4.06. The molecule has 13 heavy (non-hydrogen) atoms. The van der Waals surface area contributed by atoms with Crippen molar-refractivity contribution in [2.75, 3.05) is 7.05 Å². The normalized spacial score (nSPS) is 9.38. The monoisotopic (exact) mass is 198 g/mol. The molecule has 0 aliphatic heterocycles. The van der Waals surface area contributed by atoms with E-state index >= 15 is 0 Å². The van der Waals surface area contributed by atoms with Gasteiger partial charge in [0, 0.05) is 17.6 Å². The predicted molar refractivity (Wildman–Crippen MR) is 48.5 cm³/mol. The molecule has 0 bridgehead atoms. The molecule has 0 unspecified atom stereocenters. The lowest BCUT2D eigenvalue weighted by Crippen LogP contribution is -2.11. The lowest BCUT2D eigenvalue weighted by Gasteiger charge is -2.09. The van der Waals surface area contributed by atoms with Gasteiger partial charge in [0.25, 0.3) is 0 Å². The van der Waals surface area contributed by atoms with Crippen molar-refractivity contribution in [2.24, 2.45) is 0 Å². The number of rotatable bonds is 2. The molecule has 0 saturated heterocycles. The number of nitrogens with zero attached hydrogens (tertiary/aromatic N) is 2. The molecule has 68 valence electrons. The molecule has 0 spiro atoms. The average Bonchev–Trinajstić information content (AvgIpc) is 2.11. The van der Waals surface area contributed by atoms with Crippen LogP contribution in [0.5, 0.6) is 0 Å². The first-order valence-electron chi connectivity index (χ1n) is 3.68. The van der Waals surface area contributed by atoms with Crippen LogP contribution < -0.4 is 0 Å². The van der Waals surface area contributed by atoms with E-state index in [1.165, 1.54) is 23.1 Å². The van der Waals surface area contributed by atoms with Gasteiger partial charge in [-0.3, -0.25) is 0 Å². The van der Waals surface area contributed by atoms with E-state index in [-0.39, 0.29) is 12.4 Å². The van der Waals surface area contributed by atoms with Crippen molar-refractivity contribution in [2.45, 2.75) is 6.54 Å². The highest BCUT2D eigenvalue weighted by molar-refractivity contribution is 6.30. The molecule has 0 aromatic heterocycles. The van der Waals surface area contributed by atoms with E-state index in [2.05, 4.69) is 0 Å². The third-order valence-electron chi connectivity index (χ3n) is 1.59. The lowest BCUT2D eigenvalue weighted by molar-refractivity contribution is 0.453. The van der Waals surface area contributed by atoms with Crippen LogP contribution in [-0.2, 0) is 6.54 Å². The third kappa shape index (κ3) is 2.60. The van der Waals surface area contributed by atoms with E-state index in [9.17, 15) is 4.39 Å². The van der Waals surface area contributed by atoms with Gasteiger partial charge in [-0.1, -0.05) is 11.6 Å². The van der Waals surface area contributed by atoms with E-state index in [4.69, 9.17) is 16.9 Å². The topological polar surface area (TPSA) is 27.0 Å². The van der Waals surface area contributed by atoms with Crippen molar-refractivity contribution in [1.82, 2.24) is 4.90 Å². The summed E-state index contributed by atoms with van der Waals surface area (Å²) in [5.74, 6) is -0.341. The van der Waals surface area contributed by atoms with Gasteiger partial charge < -0.3 is 4.90 Å². The fourth-order valence-electron chi connectivity index (χ4n) is 0.955. The van der Waals surface area contributed by atoms with Crippen molar-refractivity contribution >= 4 is 11.6 Å². The minimum absolute atomic E-state index is 0.239. The molecule has 0 heterocycles. The van der Waals surface area contributed by atoms with Gasteiger partial charge in [-0.2, -0.15) is 5.26 Å². The van der Waals surface area contributed by atoms with Crippen LogP contribution in [0.3, 0.4) is 0 Å². The quantitative estimate of drug-likeness (QED) is 0.539. The number of hydrogen-bond donors (Lipinski definition) is 0. The van der Waals surface area contributed by atoms with Crippen molar-refractivity contribution in [3.8, 4) is 6.19 Å². The number of hydrogen-bond acceptors (Lipinski definition) is 2. The Labute approximate surface area is 81.1 Å². The van der Waals surface area contributed by atoms with Crippen molar-refractivity contribution in [1.29, 1.82) is 5.26 Å². The highest BCUT2D eigenvalue weighted by atomic mass is 35.5. The molecular weight excluding hydrogens is 191 g/mol. The molecule has 1 aromatic rings. The smallest absolute Gasteiger partial charge is 0.179 e. The summed E-state index contributed by atoms with van der Waals surface area (Å²) in [7, 11) is 1.58. The molecule has 0 fully saturated rings. The summed E-state index contributed by atoms with van der Waals surface area (Å²) in [6.45, 7) is 0.239. The molecule has 1 rings (SSSR count). The van der Waals surface area contributed by atoms with Crippen LogP contribution in [0, 0.1) is 17.3 Å². The Morgan fingerprint density at radius 2 is 2.31 bits per heavy atom. The zero-order valence-corrected chi connectivity index (χ0v) is 7.85. The highest BCUT2D eigenvalue weighted by Crippen LogP contribution is 2.15. The first-order chi connectivity index (χ1) is 6.13. The first kappa shape index (κ1) is 9.82. The van der Waals surface area contributed by atoms with Crippen LogP contribution in [-0.4, -0.2) is 11.9 Å².